The van der Waals surface area contributed by atoms with Crippen molar-refractivity contribution in [1.82, 2.24) is 10.2 Å². The molecule has 0 aliphatic heterocycles. The van der Waals surface area contributed by atoms with E-state index >= 15 is 0 Å². The summed E-state index contributed by atoms with van der Waals surface area (Å²) in [5.74, 6) is -1.54. The maximum Gasteiger partial charge on any atom is 0.244 e. The van der Waals surface area contributed by atoms with Crippen molar-refractivity contribution < 1.29 is 22.4 Å². The molecule has 35 heavy (non-hydrogen) atoms. The number of nitrogens with zero attached hydrogens (tertiary/aromatic N) is 2. The molecule has 0 heterocycles. The molecule has 0 aliphatic carbocycles. The van der Waals surface area contributed by atoms with E-state index in [1.807, 2.05) is 44.2 Å². The van der Waals surface area contributed by atoms with Gasteiger partial charge in [-0.3, -0.25) is 13.9 Å². The van der Waals surface area contributed by atoms with Crippen LogP contribution in [0.4, 0.5) is 10.1 Å². The van der Waals surface area contributed by atoms with Crippen molar-refractivity contribution in [3.8, 4) is 0 Å². The van der Waals surface area contributed by atoms with Crippen LogP contribution in [0.1, 0.15) is 39.2 Å². The van der Waals surface area contributed by atoms with E-state index in [9.17, 15) is 22.4 Å². The average molecular weight is 526 g/mol. The highest BCUT2D eigenvalue weighted by molar-refractivity contribution is 7.92. The monoisotopic (exact) mass is 525 g/mol. The fourth-order valence-corrected chi connectivity index (χ4v) is 4.61. The summed E-state index contributed by atoms with van der Waals surface area (Å²) in [6, 6.07) is 12.1. The molecule has 2 rings (SSSR count). The molecular weight excluding hydrogens is 493 g/mol. The zero-order chi connectivity index (χ0) is 26.2. The van der Waals surface area contributed by atoms with Crippen molar-refractivity contribution in [2.24, 2.45) is 0 Å². The first-order chi connectivity index (χ1) is 16.5. The smallest absolute Gasteiger partial charge is 0.244 e. The SMILES string of the molecule is CCC(C)NC(=O)C(CC)N(CCc1ccccc1)C(=O)CN(c1ccc(F)c(Cl)c1)S(C)(=O)=O. The van der Waals surface area contributed by atoms with Crippen LogP contribution >= 0.6 is 11.6 Å². The first kappa shape index (κ1) is 28.6. The molecule has 2 amide bonds. The first-order valence-corrected chi connectivity index (χ1v) is 13.8. The Morgan fingerprint density at radius 3 is 2.29 bits per heavy atom. The van der Waals surface area contributed by atoms with Crippen LogP contribution in [-0.4, -0.2) is 56.6 Å². The number of sulfonamides is 1. The van der Waals surface area contributed by atoms with Crippen molar-refractivity contribution in [1.29, 1.82) is 0 Å². The third kappa shape index (κ3) is 8.21. The van der Waals surface area contributed by atoms with E-state index in [4.69, 9.17) is 11.6 Å². The molecule has 0 radical (unpaired) electrons. The van der Waals surface area contributed by atoms with Gasteiger partial charge in [0.15, 0.2) is 0 Å². The van der Waals surface area contributed by atoms with Gasteiger partial charge >= 0.3 is 0 Å². The lowest BCUT2D eigenvalue weighted by atomic mass is 10.1. The van der Waals surface area contributed by atoms with Crippen LogP contribution in [0.25, 0.3) is 0 Å². The van der Waals surface area contributed by atoms with Gasteiger partial charge in [0.25, 0.3) is 0 Å². The summed E-state index contributed by atoms with van der Waals surface area (Å²) < 4.78 is 39.7. The summed E-state index contributed by atoms with van der Waals surface area (Å²) in [6.07, 6.45) is 2.52. The molecule has 192 valence electrons. The fourth-order valence-electron chi connectivity index (χ4n) is 3.59. The predicted molar refractivity (Wildman–Crippen MR) is 137 cm³/mol. The van der Waals surface area contributed by atoms with E-state index < -0.39 is 34.3 Å². The minimum atomic E-state index is -3.91. The maximum absolute atomic E-state index is 13.7. The van der Waals surface area contributed by atoms with E-state index in [1.54, 1.807) is 6.92 Å². The second kappa shape index (κ2) is 12.9. The van der Waals surface area contributed by atoms with Crippen molar-refractivity contribution in [3.05, 3.63) is 64.9 Å². The summed E-state index contributed by atoms with van der Waals surface area (Å²) in [5, 5.41) is 2.66. The number of halogens is 2. The van der Waals surface area contributed by atoms with Gasteiger partial charge in [0.05, 0.1) is 17.0 Å². The van der Waals surface area contributed by atoms with E-state index in [2.05, 4.69) is 5.32 Å². The quantitative estimate of drug-likeness (QED) is 0.453. The molecule has 0 aromatic heterocycles. The first-order valence-electron chi connectivity index (χ1n) is 11.5. The van der Waals surface area contributed by atoms with Crippen molar-refractivity contribution >= 4 is 39.1 Å². The van der Waals surface area contributed by atoms with E-state index in [-0.39, 0.29) is 29.2 Å². The number of carbonyl (C=O) groups excluding carboxylic acids is 2. The van der Waals surface area contributed by atoms with Gasteiger partial charge in [-0.15, -0.1) is 0 Å². The Balaban J connectivity index is 2.38. The van der Waals surface area contributed by atoms with Gasteiger partial charge in [-0.25, -0.2) is 12.8 Å². The minimum absolute atomic E-state index is 0.0624. The Morgan fingerprint density at radius 1 is 1.09 bits per heavy atom. The minimum Gasteiger partial charge on any atom is -0.352 e. The van der Waals surface area contributed by atoms with Crippen LogP contribution < -0.4 is 9.62 Å². The molecule has 2 unspecified atom stereocenters. The highest BCUT2D eigenvalue weighted by Gasteiger charge is 2.32. The number of benzene rings is 2. The van der Waals surface area contributed by atoms with Gasteiger partial charge in [0, 0.05) is 12.6 Å². The van der Waals surface area contributed by atoms with Crippen LogP contribution in [0, 0.1) is 5.82 Å². The molecular formula is C25H33ClFN3O4S. The molecule has 2 aromatic rings. The van der Waals surface area contributed by atoms with Crippen molar-refractivity contribution in [2.45, 2.75) is 52.1 Å². The summed E-state index contributed by atoms with van der Waals surface area (Å²) in [6.45, 7) is 5.30. The van der Waals surface area contributed by atoms with Crippen LogP contribution in [0.3, 0.4) is 0 Å². The predicted octanol–water partition coefficient (Wildman–Crippen LogP) is 4.01. The van der Waals surface area contributed by atoms with Gasteiger partial charge < -0.3 is 10.2 Å². The number of hydrogen-bond acceptors (Lipinski definition) is 4. The molecule has 2 atom stereocenters. The molecule has 7 nitrogen and oxygen atoms in total. The Hall–Kier alpha value is -2.65. The third-order valence-corrected chi connectivity index (χ3v) is 7.17. The van der Waals surface area contributed by atoms with E-state index in [1.165, 1.54) is 11.0 Å². The molecule has 0 fully saturated rings. The lowest BCUT2D eigenvalue weighted by molar-refractivity contribution is -0.139. The zero-order valence-corrected chi connectivity index (χ0v) is 22.1. The number of anilines is 1. The summed E-state index contributed by atoms with van der Waals surface area (Å²) in [5.41, 5.74) is 1.04. The molecule has 0 spiro atoms. The highest BCUT2D eigenvalue weighted by Crippen LogP contribution is 2.25. The van der Waals surface area contributed by atoms with Crippen molar-refractivity contribution in [2.75, 3.05) is 23.7 Å². The summed E-state index contributed by atoms with van der Waals surface area (Å²) in [4.78, 5) is 28.0. The third-order valence-electron chi connectivity index (χ3n) is 5.74. The number of amides is 2. The van der Waals surface area contributed by atoms with Crippen molar-refractivity contribution in [3.63, 3.8) is 0 Å². The van der Waals surface area contributed by atoms with Gasteiger partial charge in [-0.1, -0.05) is 55.8 Å². The van der Waals surface area contributed by atoms with Gasteiger partial charge in [-0.05, 0) is 49.9 Å². The van der Waals surface area contributed by atoms with Crippen LogP contribution in [-0.2, 0) is 26.0 Å². The molecule has 10 heteroatoms. The van der Waals surface area contributed by atoms with Crippen LogP contribution in [0.5, 0.6) is 0 Å². The standard InChI is InChI=1S/C25H33ClFN3O4S/c1-5-18(3)28-25(32)23(6-2)29(15-14-19-10-8-7-9-11-19)24(31)17-30(35(4,33)34)20-12-13-22(27)21(26)16-20/h7-13,16,18,23H,5-6,14-15,17H2,1-4H3,(H,28,32). The number of carbonyl (C=O) groups is 2. The number of rotatable bonds is 12. The summed E-state index contributed by atoms with van der Waals surface area (Å²) in [7, 11) is -3.91. The highest BCUT2D eigenvalue weighted by atomic mass is 35.5. The Kier molecular flexibility index (Phi) is 10.5. The molecule has 0 saturated carbocycles. The average Bonchev–Trinajstić information content (AvgIpc) is 2.81. The Labute approximate surface area is 212 Å². The van der Waals surface area contributed by atoms with E-state index in [0.29, 0.717) is 12.8 Å². The topological polar surface area (TPSA) is 86.8 Å². The Bertz CT molecular complexity index is 1110. The molecule has 1 N–H and O–H groups in total. The normalized spacial score (nSPS) is 13.1. The van der Waals surface area contributed by atoms with Gasteiger partial charge in [-0.2, -0.15) is 0 Å². The molecule has 0 bridgehead atoms. The number of hydrogen-bond donors (Lipinski definition) is 1. The fraction of sp³-hybridized carbons (Fsp3) is 0.440. The van der Waals surface area contributed by atoms with Gasteiger partial charge in [0.2, 0.25) is 21.8 Å². The summed E-state index contributed by atoms with van der Waals surface area (Å²) >= 11 is 5.86. The van der Waals surface area contributed by atoms with Crippen LogP contribution in [0.15, 0.2) is 48.5 Å². The number of nitrogens with one attached hydrogen (secondary N) is 1. The van der Waals surface area contributed by atoms with Crippen LogP contribution in [0.2, 0.25) is 5.02 Å². The lowest BCUT2D eigenvalue weighted by Crippen LogP contribution is -2.54. The van der Waals surface area contributed by atoms with Gasteiger partial charge in [0.1, 0.15) is 18.4 Å². The second-order valence-electron chi connectivity index (χ2n) is 8.43. The lowest BCUT2D eigenvalue weighted by Gasteiger charge is -2.33. The molecule has 0 aliphatic rings. The Morgan fingerprint density at radius 2 is 1.74 bits per heavy atom. The second-order valence-corrected chi connectivity index (χ2v) is 10.7. The largest absolute Gasteiger partial charge is 0.352 e. The molecule has 0 saturated heterocycles. The zero-order valence-electron chi connectivity index (χ0n) is 20.5. The molecule has 2 aromatic carbocycles. The van der Waals surface area contributed by atoms with E-state index in [0.717, 1.165) is 34.7 Å². The maximum atomic E-state index is 13.7.